The van der Waals surface area contributed by atoms with Crippen molar-refractivity contribution >= 4 is 27.7 Å². The van der Waals surface area contributed by atoms with Gasteiger partial charge in [-0.2, -0.15) is 0 Å². The van der Waals surface area contributed by atoms with E-state index < -0.39 is 11.6 Å². The van der Waals surface area contributed by atoms with Crippen molar-refractivity contribution in [2.24, 2.45) is 0 Å². The van der Waals surface area contributed by atoms with Crippen molar-refractivity contribution in [2.75, 3.05) is 6.61 Å². The molecule has 0 spiro atoms. The lowest BCUT2D eigenvalue weighted by atomic mass is 9.86. The van der Waals surface area contributed by atoms with E-state index in [1.54, 1.807) is 11.8 Å². The summed E-state index contributed by atoms with van der Waals surface area (Å²) in [4.78, 5) is 27.7. The second-order valence-electron chi connectivity index (χ2n) is 10.1. The molecule has 0 radical (unpaired) electrons. The first-order valence-electron chi connectivity index (χ1n) is 10.9. The van der Waals surface area contributed by atoms with Gasteiger partial charge in [-0.1, -0.05) is 67.0 Å². The summed E-state index contributed by atoms with van der Waals surface area (Å²) in [6.45, 7) is 14.0. The highest BCUT2D eigenvalue weighted by Crippen LogP contribution is 2.31. The third-order valence-electron chi connectivity index (χ3n) is 4.95. The first kappa shape index (κ1) is 25.9. The zero-order valence-electron chi connectivity index (χ0n) is 20.2. The zero-order valence-corrected chi connectivity index (χ0v) is 21.7. The van der Waals surface area contributed by atoms with E-state index in [1.807, 2.05) is 69.3 Å². The lowest BCUT2D eigenvalue weighted by Gasteiger charge is -2.31. The van der Waals surface area contributed by atoms with E-state index >= 15 is 0 Å². The molecule has 0 saturated heterocycles. The highest BCUT2D eigenvalue weighted by molar-refractivity contribution is 9.10. The molecule has 1 N–H and O–H groups in total. The maximum absolute atomic E-state index is 13.3. The lowest BCUT2D eigenvalue weighted by Crippen LogP contribution is -2.53. The molecule has 5 nitrogen and oxygen atoms in total. The first-order chi connectivity index (χ1) is 14.8. The highest BCUT2D eigenvalue weighted by atomic mass is 79.9. The topological polar surface area (TPSA) is 58.6 Å². The van der Waals surface area contributed by atoms with E-state index in [4.69, 9.17) is 4.74 Å². The normalized spacial score (nSPS) is 12.8. The molecule has 0 aliphatic heterocycles. The Hall–Kier alpha value is -2.34. The van der Waals surface area contributed by atoms with Gasteiger partial charge in [0, 0.05) is 16.6 Å². The van der Waals surface area contributed by atoms with Gasteiger partial charge < -0.3 is 15.0 Å². The van der Waals surface area contributed by atoms with Gasteiger partial charge in [0.15, 0.2) is 6.61 Å². The number of halogens is 1. The van der Waals surface area contributed by atoms with Gasteiger partial charge >= 0.3 is 0 Å². The fourth-order valence-corrected chi connectivity index (χ4v) is 3.77. The molecule has 2 amide bonds. The monoisotopic (exact) mass is 502 g/mol. The molecule has 0 bridgehead atoms. The van der Waals surface area contributed by atoms with Crippen LogP contribution >= 0.6 is 15.9 Å². The summed E-state index contributed by atoms with van der Waals surface area (Å²) in [6, 6.07) is 14.8. The Morgan fingerprint density at radius 1 is 1.03 bits per heavy atom. The van der Waals surface area contributed by atoms with Gasteiger partial charge in [-0.25, -0.2) is 0 Å². The number of nitrogens with one attached hydrogen (secondary N) is 1. The first-order valence-corrected chi connectivity index (χ1v) is 11.7. The van der Waals surface area contributed by atoms with Crippen LogP contribution in [0.5, 0.6) is 5.75 Å². The second-order valence-corrected chi connectivity index (χ2v) is 11.0. The molecule has 2 rings (SSSR count). The third kappa shape index (κ3) is 7.66. The van der Waals surface area contributed by atoms with Gasteiger partial charge in [0.1, 0.15) is 11.8 Å². The average molecular weight is 503 g/mol. The van der Waals surface area contributed by atoms with Crippen molar-refractivity contribution < 1.29 is 14.3 Å². The maximum atomic E-state index is 13.3. The molecule has 0 aromatic heterocycles. The smallest absolute Gasteiger partial charge is 0.261 e. The van der Waals surface area contributed by atoms with Crippen LogP contribution in [0.2, 0.25) is 0 Å². The summed E-state index contributed by atoms with van der Waals surface area (Å²) in [5.41, 5.74) is 1.45. The number of ether oxygens (including phenoxy) is 1. The Bertz CT molecular complexity index is 945. The Kier molecular flexibility index (Phi) is 8.52. The Morgan fingerprint density at radius 3 is 2.28 bits per heavy atom. The Labute approximate surface area is 200 Å². The molecule has 0 heterocycles. The minimum atomic E-state index is -0.651. The van der Waals surface area contributed by atoms with Crippen molar-refractivity contribution in [3.63, 3.8) is 0 Å². The minimum absolute atomic E-state index is 0.116. The standard InChI is InChI=1S/C26H35BrN2O3/c1-18(24(31)28-26(5,6)7)29(16-19-11-10-12-20(27)15-19)23(30)17-32-22-14-9-8-13-21(22)25(2,3)4/h8-15,18H,16-17H2,1-7H3,(H,28,31). The predicted octanol–water partition coefficient (Wildman–Crippen LogP) is 5.46. The Morgan fingerprint density at radius 2 is 1.69 bits per heavy atom. The van der Waals surface area contributed by atoms with E-state index in [0.29, 0.717) is 12.3 Å². The second kappa shape index (κ2) is 10.5. The molecule has 32 heavy (non-hydrogen) atoms. The van der Waals surface area contributed by atoms with E-state index in [1.165, 1.54) is 0 Å². The van der Waals surface area contributed by atoms with Crippen molar-refractivity contribution in [1.82, 2.24) is 10.2 Å². The number of nitrogens with zero attached hydrogens (tertiary/aromatic N) is 1. The molecule has 6 heteroatoms. The van der Waals surface area contributed by atoms with Gasteiger partial charge in [0.05, 0.1) is 0 Å². The summed E-state index contributed by atoms with van der Waals surface area (Å²) >= 11 is 3.48. The summed E-state index contributed by atoms with van der Waals surface area (Å²) < 4.78 is 6.89. The molecular weight excluding hydrogens is 468 g/mol. The lowest BCUT2D eigenvalue weighted by molar-refractivity contribution is -0.142. The summed E-state index contributed by atoms with van der Waals surface area (Å²) in [5.74, 6) is 0.240. The van der Waals surface area contributed by atoms with Crippen LogP contribution in [-0.4, -0.2) is 34.9 Å². The van der Waals surface area contributed by atoms with Gasteiger partial charge in [0.25, 0.3) is 5.91 Å². The van der Waals surface area contributed by atoms with Crippen LogP contribution in [0.25, 0.3) is 0 Å². The number of hydrogen-bond acceptors (Lipinski definition) is 3. The molecule has 0 fully saturated rings. The fraction of sp³-hybridized carbons (Fsp3) is 0.462. The molecule has 174 valence electrons. The van der Waals surface area contributed by atoms with Crippen LogP contribution in [0.15, 0.2) is 53.0 Å². The van der Waals surface area contributed by atoms with E-state index in [2.05, 4.69) is 42.0 Å². The quantitative estimate of drug-likeness (QED) is 0.546. The van der Waals surface area contributed by atoms with Crippen molar-refractivity contribution in [1.29, 1.82) is 0 Å². The SMILES string of the molecule is CC(C(=O)NC(C)(C)C)N(Cc1cccc(Br)c1)C(=O)COc1ccccc1C(C)(C)C. The number of carbonyl (C=O) groups is 2. The summed E-state index contributed by atoms with van der Waals surface area (Å²) in [5, 5.41) is 2.97. The van der Waals surface area contributed by atoms with Crippen LogP contribution in [0, 0.1) is 0 Å². The summed E-state index contributed by atoms with van der Waals surface area (Å²) in [6.07, 6.45) is 0. The molecule has 0 aliphatic rings. The van der Waals surface area contributed by atoms with E-state index in [9.17, 15) is 9.59 Å². The van der Waals surface area contributed by atoms with Crippen molar-refractivity contribution in [3.8, 4) is 5.75 Å². The third-order valence-corrected chi connectivity index (χ3v) is 5.45. The molecule has 0 saturated carbocycles. The molecule has 1 unspecified atom stereocenters. The number of amides is 2. The van der Waals surface area contributed by atoms with Gasteiger partial charge in [-0.15, -0.1) is 0 Å². The fourth-order valence-electron chi connectivity index (χ4n) is 3.32. The number of carbonyl (C=O) groups excluding carboxylic acids is 2. The van der Waals surface area contributed by atoms with E-state index in [0.717, 1.165) is 15.6 Å². The molecular formula is C26H35BrN2O3. The average Bonchev–Trinajstić information content (AvgIpc) is 2.68. The number of hydrogen-bond donors (Lipinski definition) is 1. The van der Waals surface area contributed by atoms with Crippen LogP contribution in [0.4, 0.5) is 0 Å². The van der Waals surface area contributed by atoms with E-state index in [-0.39, 0.29) is 23.8 Å². The number of benzene rings is 2. The van der Waals surface area contributed by atoms with Gasteiger partial charge in [-0.05, 0) is 62.4 Å². The number of para-hydroxylation sites is 1. The van der Waals surface area contributed by atoms with Gasteiger partial charge in [0.2, 0.25) is 5.91 Å². The molecule has 2 aromatic carbocycles. The highest BCUT2D eigenvalue weighted by Gasteiger charge is 2.29. The number of rotatable bonds is 7. The van der Waals surface area contributed by atoms with Crippen LogP contribution < -0.4 is 10.1 Å². The molecule has 2 aromatic rings. The molecule has 0 aliphatic carbocycles. The van der Waals surface area contributed by atoms with Crippen LogP contribution in [0.3, 0.4) is 0 Å². The maximum Gasteiger partial charge on any atom is 0.261 e. The van der Waals surface area contributed by atoms with Crippen LogP contribution in [-0.2, 0) is 21.5 Å². The Balaban J connectivity index is 2.25. The molecule has 1 atom stereocenters. The minimum Gasteiger partial charge on any atom is -0.483 e. The zero-order chi connectivity index (χ0) is 24.1. The van der Waals surface area contributed by atoms with Crippen molar-refractivity contribution in [3.05, 3.63) is 64.1 Å². The largest absolute Gasteiger partial charge is 0.483 e. The predicted molar refractivity (Wildman–Crippen MR) is 133 cm³/mol. The van der Waals surface area contributed by atoms with Crippen molar-refractivity contribution in [2.45, 2.75) is 72.0 Å². The van der Waals surface area contributed by atoms with Gasteiger partial charge in [-0.3, -0.25) is 9.59 Å². The summed E-state index contributed by atoms with van der Waals surface area (Å²) in [7, 11) is 0. The van der Waals surface area contributed by atoms with Crippen LogP contribution in [0.1, 0.15) is 59.6 Å².